The fraction of sp³-hybridized carbons (Fsp3) is 0.273. The van der Waals surface area contributed by atoms with Crippen molar-refractivity contribution < 1.29 is 14.3 Å². The molecule has 1 heterocycles. The van der Waals surface area contributed by atoms with Crippen LogP contribution in [0.2, 0.25) is 0 Å². The van der Waals surface area contributed by atoms with Gasteiger partial charge in [-0.25, -0.2) is 0 Å². The third-order valence-corrected chi connectivity index (χ3v) is 9.92. The molecule has 7 nitrogen and oxygen atoms in total. The normalized spacial score (nSPS) is 12.0. The van der Waals surface area contributed by atoms with Crippen molar-refractivity contribution in [3.05, 3.63) is 145 Å². The summed E-state index contributed by atoms with van der Waals surface area (Å²) in [5.74, 6) is 0.706. The fourth-order valence-electron chi connectivity index (χ4n) is 6.06. The summed E-state index contributed by atoms with van der Waals surface area (Å²) in [6.45, 7) is 17.0. The maximum absolute atomic E-state index is 13.2. The molecule has 8 heteroatoms. The average molecular weight is 713 g/mol. The van der Waals surface area contributed by atoms with Crippen LogP contribution in [0.15, 0.2) is 102 Å². The largest absolute Gasteiger partial charge is 0.618 e. The Morgan fingerprint density at radius 2 is 1.00 bits per heavy atom. The summed E-state index contributed by atoms with van der Waals surface area (Å²) in [5, 5.41) is 19.3. The van der Waals surface area contributed by atoms with Gasteiger partial charge in [-0.3, -0.25) is 14.6 Å². The van der Waals surface area contributed by atoms with Gasteiger partial charge in [0.15, 0.2) is 6.21 Å². The molecular weight excluding hydrogens is 665 g/mol. The third kappa shape index (κ3) is 9.11. The van der Waals surface area contributed by atoms with Gasteiger partial charge in [0.25, 0.3) is 11.8 Å². The van der Waals surface area contributed by atoms with E-state index >= 15 is 0 Å². The number of hydrogen-bond acceptors (Lipinski definition) is 5. The predicted octanol–water partition coefficient (Wildman–Crippen LogP) is 11.8. The molecule has 0 aliphatic heterocycles. The van der Waals surface area contributed by atoms with E-state index in [1.54, 1.807) is 42.6 Å². The van der Waals surface area contributed by atoms with E-state index in [4.69, 9.17) is 0 Å². The Labute approximate surface area is 311 Å². The Morgan fingerprint density at radius 1 is 0.596 bits per heavy atom. The first-order valence-corrected chi connectivity index (χ1v) is 18.7. The molecule has 52 heavy (non-hydrogen) atoms. The van der Waals surface area contributed by atoms with Crippen molar-refractivity contribution in [2.45, 2.75) is 79.1 Å². The molecule has 0 bridgehead atoms. The van der Waals surface area contributed by atoms with Crippen molar-refractivity contribution in [2.24, 2.45) is 4.99 Å². The van der Waals surface area contributed by atoms with Gasteiger partial charge in [-0.1, -0.05) is 91.8 Å². The van der Waals surface area contributed by atoms with Crippen LogP contribution < -0.4 is 10.6 Å². The molecule has 5 rings (SSSR count). The van der Waals surface area contributed by atoms with Crippen LogP contribution in [0.3, 0.4) is 0 Å². The first kappa shape index (κ1) is 37.9. The number of benzene rings is 4. The van der Waals surface area contributed by atoms with Crippen molar-refractivity contribution in [1.82, 2.24) is 0 Å². The predicted molar refractivity (Wildman–Crippen MR) is 218 cm³/mol. The smallest absolute Gasteiger partial charge is 0.255 e. The number of carbonyl (C=O) groups is 2. The van der Waals surface area contributed by atoms with Gasteiger partial charge < -0.3 is 15.8 Å². The SMILES string of the molecule is CC(C)c1cccc(C(C)C)c1NC(=O)c1ccc(/N=C\c2ccc(/C=[N+](/[O-])c3ccc(C(=O)Nc4c(C(C)C)cccc4C(C)C)cc3)s2)cc1. The first-order chi connectivity index (χ1) is 24.8. The van der Waals surface area contributed by atoms with Crippen molar-refractivity contribution in [3.8, 4) is 0 Å². The van der Waals surface area contributed by atoms with Crippen molar-refractivity contribution in [2.75, 3.05) is 10.6 Å². The summed E-state index contributed by atoms with van der Waals surface area (Å²) in [7, 11) is 0. The Balaban J connectivity index is 1.22. The molecule has 268 valence electrons. The monoisotopic (exact) mass is 712 g/mol. The van der Waals surface area contributed by atoms with E-state index in [-0.39, 0.29) is 35.5 Å². The van der Waals surface area contributed by atoms with E-state index in [1.165, 1.54) is 17.6 Å². The lowest BCUT2D eigenvalue weighted by atomic mass is 9.92. The average Bonchev–Trinajstić information content (AvgIpc) is 3.57. The summed E-state index contributed by atoms with van der Waals surface area (Å²) in [6.07, 6.45) is 3.26. The summed E-state index contributed by atoms with van der Waals surface area (Å²) in [6, 6.07) is 30.0. The van der Waals surface area contributed by atoms with Gasteiger partial charge in [-0.05, 0) is 94.5 Å². The quantitative estimate of drug-likeness (QED) is 0.0583. The van der Waals surface area contributed by atoms with Crippen LogP contribution in [0.1, 0.15) is 132 Å². The number of anilines is 2. The number of nitrogens with one attached hydrogen (secondary N) is 2. The van der Waals surface area contributed by atoms with Gasteiger partial charge in [-0.15, -0.1) is 11.3 Å². The molecule has 5 aromatic rings. The zero-order valence-corrected chi connectivity index (χ0v) is 32.0. The van der Waals surface area contributed by atoms with E-state index in [2.05, 4.69) is 101 Å². The maximum atomic E-state index is 13.2. The van der Waals surface area contributed by atoms with E-state index in [9.17, 15) is 14.8 Å². The second kappa shape index (κ2) is 16.8. The zero-order chi connectivity index (χ0) is 37.5. The Bertz CT molecular complexity index is 2040. The van der Waals surface area contributed by atoms with Gasteiger partial charge in [0.2, 0.25) is 5.69 Å². The van der Waals surface area contributed by atoms with Crippen LogP contribution in [0.25, 0.3) is 0 Å². The van der Waals surface area contributed by atoms with Gasteiger partial charge in [-0.2, -0.15) is 4.74 Å². The molecule has 0 saturated carbocycles. The minimum absolute atomic E-state index is 0.156. The van der Waals surface area contributed by atoms with Crippen LogP contribution in [0.5, 0.6) is 0 Å². The van der Waals surface area contributed by atoms with Gasteiger partial charge in [0.05, 0.1) is 10.6 Å². The number of para-hydroxylation sites is 2. The molecule has 2 amide bonds. The Hall–Kier alpha value is -5.34. The highest BCUT2D eigenvalue weighted by Gasteiger charge is 2.19. The first-order valence-electron chi connectivity index (χ1n) is 17.9. The number of carbonyl (C=O) groups excluding carboxylic acids is 2. The topological polar surface area (TPSA) is 96.6 Å². The molecule has 0 aliphatic carbocycles. The molecule has 0 unspecified atom stereocenters. The molecule has 2 N–H and O–H groups in total. The molecule has 0 saturated heterocycles. The van der Waals surface area contributed by atoms with Crippen molar-refractivity contribution >= 4 is 58.3 Å². The van der Waals surface area contributed by atoms with Crippen LogP contribution in [-0.4, -0.2) is 29.0 Å². The number of thiophene rings is 1. The summed E-state index contributed by atoms with van der Waals surface area (Å²) >= 11 is 1.43. The van der Waals surface area contributed by atoms with Crippen LogP contribution in [-0.2, 0) is 0 Å². The van der Waals surface area contributed by atoms with E-state index in [1.807, 2.05) is 30.3 Å². The lowest BCUT2D eigenvalue weighted by Crippen LogP contribution is -2.16. The number of rotatable bonds is 12. The molecular formula is C44H48N4O3S. The molecule has 0 atom stereocenters. The highest BCUT2D eigenvalue weighted by Crippen LogP contribution is 2.34. The Kier molecular flexibility index (Phi) is 12.2. The summed E-state index contributed by atoms with van der Waals surface area (Å²) < 4.78 is 0.798. The number of amides is 2. The second-order valence-corrected chi connectivity index (χ2v) is 15.3. The van der Waals surface area contributed by atoms with E-state index in [0.29, 0.717) is 22.5 Å². The molecule has 0 radical (unpaired) electrons. The van der Waals surface area contributed by atoms with Crippen LogP contribution >= 0.6 is 11.3 Å². The van der Waals surface area contributed by atoms with Gasteiger partial charge in [0.1, 0.15) is 0 Å². The summed E-state index contributed by atoms with van der Waals surface area (Å²) in [5.41, 5.74) is 8.35. The highest BCUT2D eigenvalue weighted by atomic mass is 32.1. The molecule has 0 spiro atoms. The molecule has 1 aromatic heterocycles. The van der Waals surface area contributed by atoms with E-state index < -0.39 is 0 Å². The van der Waals surface area contributed by atoms with Crippen LogP contribution in [0, 0.1) is 5.21 Å². The summed E-state index contributed by atoms with van der Waals surface area (Å²) in [4.78, 5) is 32.7. The van der Waals surface area contributed by atoms with E-state index in [0.717, 1.165) is 48.1 Å². The van der Waals surface area contributed by atoms with Crippen molar-refractivity contribution in [1.29, 1.82) is 0 Å². The minimum Gasteiger partial charge on any atom is -0.618 e. The maximum Gasteiger partial charge on any atom is 0.255 e. The molecule has 0 fully saturated rings. The highest BCUT2D eigenvalue weighted by molar-refractivity contribution is 7.15. The molecule has 0 aliphatic rings. The minimum atomic E-state index is -0.212. The number of aliphatic imine (C=N–C) groups is 1. The fourth-order valence-corrected chi connectivity index (χ4v) is 6.85. The standard InChI is InChI=1S/C44H48N4O3S/c1-27(2)37-11-9-12-38(28(3)4)41(37)46-43(49)31-15-19-33(20-16-31)45-25-35-23-24-36(52-35)26-48(51)34-21-17-32(18-22-34)44(50)47-42-39(29(5)6)13-10-14-40(42)30(7)8/h9-30H,1-8H3,(H,46,49)(H,47,50)/b45-25-,48-26+. The lowest BCUT2D eigenvalue weighted by molar-refractivity contribution is -0.354. The number of hydrogen-bond donors (Lipinski definition) is 2. The van der Waals surface area contributed by atoms with Crippen LogP contribution in [0.4, 0.5) is 22.7 Å². The van der Waals surface area contributed by atoms with Gasteiger partial charge >= 0.3 is 0 Å². The lowest BCUT2D eigenvalue weighted by Gasteiger charge is -2.20. The third-order valence-electron chi connectivity index (χ3n) is 8.97. The second-order valence-electron chi connectivity index (χ2n) is 14.2. The van der Waals surface area contributed by atoms with Crippen molar-refractivity contribution in [3.63, 3.8) is 0 Å². The zero-order valence-electron chi connectivity index (χ0n) is 31.2. The Morgan fingerprint density at radius 3 is 1.42 bits per heavy atom. The van der Waals surface area contributed by atoms with Gasteiger partial charge in [0, 0.05) is 45.7 Å². The number of nitrogens with zero attached hydrogens (tertiary/aromatic N) is 2. The molecule has 4 aromatic carbocycles.